The van der Waals surface area contributed by atoms with Crippen molar-refractivity contribution >= 4 is 39.9 Å². The zero-order valence-corrected chi connectivity index (χ0v) is 17.0. The van der Waals surface area contributed by atoms with Gasteiger partial charge in [0.15, 0.2) is 0 Å². The zero-order chi connectivity index (χ0) is 21.8. The van der Waals surface area contributed by atoms with Crippen molar-refractivity contribution < 1.29 is 19.5 Å². The molecule has 1 saturated carbocycles. The average molecular weight is 415 g/mol. The molecule has 1 aliphatic rings. The summed E-state index contributed by atoms with van der Waals surface area (Å²) in [6, 6.07) is 20.1. The molecule has 2 atom stereocenters. The average Bonchev–Trinajstić information content (AvgIpc) is 2.79. The van der Waals surface area contributed by atoms with Crippen LogP contribution in [0.25, 0.3) is 10.8 Å². The number of aliphatic carboxylic acids is 1. The number of anilines is 2. The number of carboxylic acids is 1. The molecule has 3 aromatic rings. The number of amides is 2. The molecule has 0 spiro atoms. The molecule has 6 nitrogen and oxygen atoms in total. The monoisotopic (exact) mass is 415 g/mol. The van der Waals surface area contributed by atoms with Gasteiger partial charge in [-0.05, 0) is 36.4 Å². The summed E-state index contributed by atoms with van der Waals surface area (Å²) in [4.78, 5) is 37.4. The Morgan fingerprint density at radius 3 is 2.19 bits per heavy atom. The lowest BCUT2D eigenvalue weighted by Crippen LogP contribution is -2.42. The lowest BCUT2D eigenvalue weighted by atomic mass is 9.78. The van der Waals surface area contributed by atoms with Crippen molar-refractivity contribution in [2.24, 2.45) is 11.8 Å². The second-order valence-corrected chi connectivity index (χ2v) is 7.83. The molecule has 158 valence electrons. The van der Waals surface area contributed by atoms with Crippen LogP contribution in [-0.4, -0.2) is 17.8 Å². The molecule has 0 radical (unpaired) electrons. The first-order chi connectivity index (χ1) is 15.0. The standard InChI is InChI=1S/C25H24N2O4/c28-23(18-11-3-4-12-19(18)25(30)31)27-22-14-6-5-13-20(22)24(29)26-21-15-7-9-16-8-1-2-10-17(16)21/h1-2,5-10,13-15,18-19H,3-4,11-12H2,(H,26,29)(H,27,28)(H,30,31)/p-1/t18-,19+/m1/s1. The number of nitrogens with one attached hydrogen (secondary N) is 2. The Labute approximate surface area is 180 Å². The number of carbonyl (C=O) groups excluding carboxylic acids is 3. The largest absolute Gasteiger partial charge is 0.550 e. The van der Waals surface area contributed by atoms with Gasteiger partial charge in [0.2, 0.25) is 5.91 Å². The first-order valence-electron chi connectivity index (χ1n) is 10.4. The van der Waals surface area contributed by atoms with Crippen LogP contribution < -0.4 is 15.7 Å². The van der Waals surface area contributed by atoms with Gasteiger partial charge in [-0.2, -0.15) is 0 Å². The van der Waals surface area contributed by atoms with E-state index >= 15 is 0 Å². The van der Waals surface area contributed by atoms with Crippen LogP contribution in [0, 0.1) is 11.8 Å². The third-order valence-corrected chi connectivity index (χ3v) is 5.87. The number of carboxylic acid groups (broad SMARTS) is 1. The van der Waals surface area contributed by atoms with E-state index in [1.54, 1.807) is 24.3 Å². The van der Waals surface area contributed by atoms with Crippen molar-refractivity contribution in [1.29, 1.82) is 0 Å². The fourth-order valence-corrected chi connectivity index (χ4v) is 4.27. The molecule has 0 saturated heterocycles. The Morgan fingerprint density at radius 2 is 1.39 bits per heavy atom. The number of para-hydroxylation sites is 1. The van der Waals surface area contributed by atoms with E-state index in [1.165, 1.54) is 0 Å². The molecule has 0 aliphatic heterocycles. The smallest absolute Gasteiger partial charge is 0.257 e. The van der Waals surface area contributed by atoms with Gasteiger partial charge in [0, 0.05) is 28.9 Å². The van der Waals surface area contributed by atoms with Gasteiger partial charge in [-0.1, -0.05) is 61.4 Å². The summed E-state index contributed by atoms with van der Waals surface area (Å²) in [6.45, 7) is 0. The van der Waals surface area contributed by atoms with E-state index in [9.17, 15) is 19.5 Å². The van der Waals surface area contributed by atoms with Crippen molar-refractivity contribution in [3.63, 3.8) is 0 Å². The minimum Gasteiger partial charge on any atom is -0.550 e. The lowest BCUT2D eigenvalue weighted by Gasteiger charge is -2.31. The van der Waals surface area contributed by atoms with E-state index in [0.717, 1.165) is 23.6 Å². The second-order valence-electron chi connectivity index (χ2n) is 7.83. The molecule has 4 rings (SSSR count). The summed E-state index contributed by atoms with van der Waals surface area (Å²) < 4.78 is 0. The van der Waals surface area contributed by atoms with E-state index in [-0.39, 0.29) is 11.8 Å². The van der Waals surface area contributed by atoms with Crippen LogP contribution in [0.15, 0.2) is 66.7 Å². The summed E-state index contributed by atoms with van der Waals surface area (Å²) in [5.41, 5.74) is 1.34. The number of benzene rings is 3. The fourth-order valence-electron chi connectivity index (χ4n) is 4.27. The van der Waals surface area contributed by atoms with Crippen molar-refractivity contribution in [1.82, 2.24) is 0 Å². The molecule has 2 amide bonds. The van der Waals surface area contributed by atoms with Crippen LogP contribution in [0.2, 0.25) is 0 Å². The van der Waals surface area contributed by atoms with Crippen molar-refractivity contribution in [2.45, 2.75) is 25.7 Å². The minimum absolute atomic E-state index is 0.310. The van der Waals surface area contributed by atoms with Crippen LogP contribution in [0.5, 0.6) is 0 Å². The SMILES string of the molecule is O=C(Nc1cccc2ccccc12)c1ccccc1NC(=O)[C@@H]1CCCC[C@@H]1C(=O)[O-]. The first-order valence-corrected chi connectivity index (χ1v) is 10.4. The number of rotatable bonds is 5. The van der Waals surface area contributed by atoms with Crippen LogP contribution in [-0.2, 0) is 9.59 Å². The molecule has 3 aromatic carbocycles. The maximum atomic E-state index is 13.0. The van der Waals surface area contributed by atoms with Gasteiger partial charge >= 0.3 is 0 Å². The van der Waals surface area contributed by atoms with Crippen molar-refractivity contribution in [3.8, 4) is 0 Å². The Morgan fingerprint density at radius 1 is 0.742 bits per heavy atom. The predicted octanol–water partition coefficient (Wildman–Crippen LogP) is 3.59. The summed E-state index contributed by atoms with van der Waals surface area (Å²) in [7, 11) is 0. The quantitative estimate of drug-likeness (QED) is 0.665. The molecular weight excluding hydrogens is 392 g/mol. The maximum absolute atomic E-state index is 13.0. The molecule has 1 aliphatic carbocycles. The van der Waals surface area contributed by atoms with Crippen LogP contribution in [0.3, 0.4) is 0 Å². The fraction of sp³-hybridized carbons (Fsp3) is 0.240. The summed E-state index contributed by atoms with van der Waals surface area (Å²) in [5.74, 6) is -3.40. The van der Waals surface area contributed by atoms with Gasteiger partial charge in [-0.25, -0.2) is 0 Å². The molecule has 31 heavy (non-hydrogen) atoms. The molecule has 0 unspecified atom stereocenters. The van der Waals surface area contributed by atoms with E-state index < -0.39 is 17.8 Å². The van der Waals surface area contributed by atoms with Crippen molar-refractivity contribution in [3.05, 3.63) is 72.3 Å². The predicted molar refractivity (Wildman–Crippen MR) is 117 cm³/mol. The highest BCUT2D eigenvalue weighted by molar-refractivity contribution is 6.13. The van der Waals surface area contributed by atoms with Gasteiger partial charge in [0.1, 0.15) is 0 Å². The van der Waals surface area contributed by atoms with E-state index in [2.05, 4.69) is 10.6 Å². The summed E-state index contributed by atoms with van der Waals surface area (Å²) in [5, 5.41) is 19.1. The lowest BCUT2D eigenvalue weighted by molar-refractivity contribution is -0.313. The number of hydrogen-bond acceptors (Lipinski definition) is 4. The number of hydrogen-bond donors (Lipinski definition) is 2. The highest BCUT2D eigenvalue weighted by Gasteiger charge is 2.32. The third kappa shape index (κ3) is 4.43. The normalized spacial score (nSPS) is 18.3. The van der Waals surface area contributed by atoms with Crippen LogP contribution in [0.4, 0.5) is 11.4 Å². The Balaban J connectivity index is 1.56. The zero-order valence-electron chi connectivity index (χ0n) is 17.0. The second kappa shape index (κ2) is 9.00. The minimum atomic E-state index is -1.19. The van der Waals surface area contributed by atoms with Crippen LogP contribution in [0.1, 0.15) is 36.0 Å². The van der Waals surface area contributed by atoms with E-state index in [0.29, 0.717) is 29.8 Å². The highest BCUT2D eigenvalue weighted by atomic mass is 16.4. The molecule has 1 fully saturated rings. The third-order valence-electron chi connectivity index (χ3n) is 5.87. The van der Waals surface area contributed by atoms with Crippen molar-refractivity contribution in [2.75, 3.05) is 10.6 Å². The van der Waals surface area contributed by atoms with Gasteiger partial charge in [-0.15, -0.1) is 0 Å². The molecule has 0 aromatic heterocycles. The maximum Gasteiger partial charge on any atom is 0.257 e. The number of carbonyl (C=O) groups is 3. The van der Waals surface area contributed by atoms with E-state index in [1.807, 2.05) is 42.5 Å². The van der Waals surface area contributed by atoms with Gasteiger partial charge < -0.3 is 20.5 Å². The molecule has 2 N–H and O–H groups in total. The Kier molecular flexibility index (Phi) is 5.98. The van der Waals surface area contributed by atoms with Crippen LogP contribution >= 0.6 is 0 Å². The summed E-state index contributed by atoms with van der Waals surface area (Å²) >= 11 is 0. The van der Waals surface area contributed by atoms with Gasteiger partial charge in [-0.3, -0.25) is 9.59 Å². The number of fused-ring (bicyclic) bond motifs is 1. The topological polar surface area (TPSA) is 98.3 Å². The van der Waals surface area contributed by atoms with Gasteiger partial charge in [0.25, 0.3) is 5.91 Å². The molecular formula is C25H23N2O4-. The first kappa shape index (κ1) is 20.6. The Hall–Kier alpha value is -3.67. The van der Waals surface area contributed by atoms with E-state index in [4.69, 9.17) is 0 Å². The molecule has 6 heteroatoms. The Bertz CT molecular complexity index is 1140. The molecule has 0 heterocycles. The molecule has 0 bridgehead atoms. The highest BCUT2D eigenvalue weighted by Crippen LogP contribution is 2.31. The summed E-state index contributed by atoms with van der Waals surface area (Å²) in [6.07, 6.45) is 2.50. The van der Waals surface area contributed by atoms with Gasteiger partial charge in [0.05, 0.1) is 11.3 Å².